The Hall–Kier alpha value is -1.20. The monoisotopic (exact) mass is 698 g/mol. The van der Waals surface area contributed by atoms with Gasteiger partial charge in [-0.2, -0.15) is 0 Å². The first-order valence-corrected chi connectivity index (χ1v) is 21.7. The lowest BCUT2D eigenvalue weighted by Crippen LogP contribution is -2.51. The van der Waals surface area contributed by atoms with Crippen molar-refractivity contribution in [3.05, 3.63) is 11.6 Å². The predicted molar refractivity (Wildman–Crippen MR) is 208 cm³/mol. The van der Waals surface area contributed by atoms with E-state index in [2.05, 4.69) is 45.6 Å². The molecule has 0 aliphatic heterocycles. The molecule has 0 spiro atoms. The molecule has 4 aliphatic carbocycles. The number of Topliss-reactive ketones (excluding diaryl/α,β-unsaturated/α-hetero) is 1. The number of hydrogen-bond acceptors (Lipinski definition) is 5. The smallest absolute Gasteiger partial charge is 0.306 e. The molecule has 0 aromatic carbocycles. The molecule has 3 saturated carbocycles. The van der Waals surface area contributed by atoms with Crippen molar-refractivity contribution in [2.45, 2.75) is 189 Å². The van der Waals surface area contributed by atoms with Crippen molar-refractivity contribution in [3.8, 4) is 0 Å². The number of carbonyl (C=O) groups is 2. The van der Waals surface area contributed by atoms with Gasteiger partial charge in [0.25, 0.3) is 0 Å². The van der Waals surface area contributed by atoms with E-state index in [1.165, 1.54) is 70.6 Å². The van der Waals surface area contributed by atoms with Gasteiger partial charge in [0.2, 0.25) is 0 Å². The molecule has 0 radical (unpaired) electrons. The Morgan fingerprint density at radius 1 is 0.820 bits per heavy atom. The maximum absolute atomic E-state index is 13.0. The number of allylic oxidation sites excluding steroid dienone is 1. The largest absolute Gasteiger partial charge is 0.462 e. The van der Waals surface area contributed by atoms with Crippen LogP contribution in [0.1, 0.15) is 183 Å². The van der Waals surface area contributed by atoms with E-state index in [0.717, 1.165) is 113 Å². The minimum atomic E-state index is 0.00574. The van der Waals surface area contributed by atoms with Crippen molar-refractivity contribution in [3.63, 3.8) is 0 Å². The Kier molecular flexibility index (Phi) is 16.9. The molecule has 5 nitrogen and oxygen atoms in total. The number of hydrogen-bond donors (Lipinski definition) is 1. The third-order valence-corrected chi connectivity index (χ3v) is 14.5. The van der Waals surface area contributed by atoms with Crippen LogP contribution in [0.2, 0.25) is 0 Å². The molecule has 8 atom stereocenters. The van der Waals surface area contributed by atoms with Crippen LogP contribution in [0.15, 0.2) is 11.6 Å². The Morgan fingerprint density at radius 2 is 1.50 bits per heavy atom. The molecule has 1 N–H and O–H groups in total. The zero-order valence-corrected chi connectivity index (χ0v) is 33.6. The first-order chi connectivity index (χ1) is 24.0. The van der Waals surface area contributed by atoms with Crippen LogP contribution in [0.4, 0.5) is 0 Å². The van der Waals surface area contributed by atoms with E-state index in [0.29, 0.717) is 29.5 Å². The second kappa shape index (κ2) is 20.3. The fourth-order valence-corrected chi connectivity index (χ4v) is 11.6. The summed E-state index contributed by atoms with van der Waals surface area (Å²) in [4.78, 5) is 26.7. The van der Waals surface area contributed by atoms with E-state index in [1.54, 1.807) is 12.5 Å². The summed E-state index contributed by atoms with van der Waals surface area (Å²) in [5, 5.41) is 9.23. The van der Waals surface area contributed by atoms with Gasteiger partial charge in [0.05, 0.1) is 0 Å². The van der Waals surface area contributed by atoms with Crippen LogP contribution >= 0.6 is 0 Å². The van der Waals surface area contributed by atoms with Crippen LogP contribution in [0.3, 0.4) is 0 Å². The predicted octanol–water partition coefficient (Wildman–Crippen LogP) is 11.1. The van der Waals surface area contributed by atoms with Gasteiger partial charge in [-0.05, 0) is 156 Å². The normalized spacial score (nSPS) is 31.2. The Labute approximate surface area is 308 Å². The average molecular weight is 698 g/mol. The zero-order chi connectivity index (χ0) is 36.1. The second-order valence-electron chi connectivity index (χ2n) is 18.6. The number of nitrogens with zero attached hydrogens (tertiary/aromatic N) is 1. The summed E-state index contributed by atoms with van der Waals surface area (Å²) >= 11 is 0. The number of rotatable bonds is 23. The molecule has 5 heteroatoms. The van der Waals surface area contributed by atoms with Crippen LogP contribution in [-0.2, 0) is 14.3 Å². The molecule has 8 unspecified atom stereocenters. The summed E-state index contributed by atoms with van der Waals surface area (Å²) < 4.78 is 6.15. The fraction of sp³-hybridized carbons (Fsp3) is 0.911. The van der Waals surface area contributed by atoms with Crippen molar-refractivity contribution in [1.29, 1.82) is 0 Å². The van der Waals surface area contributed by atoms with Gasteiger partial charge in [0.15, 0.2) is 0 Å². The molecule has 4 aliphatic rings. The molecular formula is C45H79NO4. The number of aliphatic hydroxyl groups excluding tert-OH is 1. The number of aliphatic hydroxyl groups is 1. The third-order valence-electron chi connectivity index (χ3n) is 14.5. The zero-order valence-electron chi connectivity index (χ0n) is 33.6. The summed E-state index contributed by atoms with van der Waals surface area (Å²) in [5.74, 6) is 5.43. The van der Waals surface area contributed by atoms with Gasteiger partial charge in [0, 0.05) is 25.9 Å². The highest BCUT2D eigenvalue weighted by molar-refractivity contribution is 5.75. The van der Waals surface area contributed by atoms with Crippen LogP contribution in [0, 0.1) is 46.3 Å². The maximum atomic E-state index is 13.0. The second-order valence-corrected chi connectivity index (χ2v) is 18.6. The minimum Gasteiger partial charge on any atom is -0.462 e. The highest BCUT2D eigenvalue weighted by Crippen LogP contribution is 2.67. The molecule has 0 heterocycles. The summed E-state index contributed by atoms with van der Waals surface area (Å²) in [6.07, 6.45) is 27.7. The molecule has 288 valence electrons. The SMILES string of the molecule is CC(=O)CCCCCCN(CCCCO)CCCCCC(=O)OC1CCC2(C)C(=CCC3C2CCC2(C)C(C(C)CCCC(C)C)CCC32)C1. The van der Waals surface area contributed by atoms with Crippen molar-refractivity contribution in [1.82, 2.24) is 4.90 Å². The first kappa shape index (κ1) is 41.6. The van der Waals surface area contributed by atoms with E-state index < -0.39 is 0 Å². The molecule has 0 bridgehead atoms. The molecule has 50 heavy (non-hydrogen) atoms. The fourth-order valence-electron chi connectivity index (χ4n) is 11.6. The quantitative estimate of drug-likeness (QED) is 0.0654. The molecule has 0 amide bonds. The molecule has 0 saturated heterocycles. The van der Waals surface area contributed by atoms with E-state index in [9.17, 15) is 14.7 Å². The van der Waals surface area contributed by atoms with Gasteiger partial charge >= 0.3 is 5.97 Å². The van der Waals surface area contributed by atoms with E-state index in [1.807, 2.05) is 0 Å². The van der Waals surface area contributed by atoms with Crippen molar-refractivity contribution in [2.24, 2.45) is 46.3 Å². The van der Waals surface area contributed by atoms with E-state index in [-0.39, 0.29) is 18.7 Å². The highest BCUT2D eigenvalue weighted by atomic mass is 16.5. The first-order valence-electron chi connectivity index (χ1n) is 21.7. The standard InChI is InChI=1S/C45H79NO4/c1-34(2)17-16-18-35(3)40-23-24-41-39-22-21-37-33-38(25-27-44(37,5)42(39)26-28-45(40,41)6)50-43(49)20-11-9-13-30-46(31-14-15-32-47)29-12-8-7-10-19-36(4)48/h21,34-35,38-42,47H,7-20,22-33H2,1-6H3. The van der Waals surface area contributed by atoms with Crippen molar-refractivity contribution in [2.75, 3.05) is 26.2 Å². The molecule has 4 rings (SSSR count). The topological polar surface area (TPSA) is 66.8 Å². The Morgan fingerprint density at radius 3 is 2.20 bits per heavy atom. The van der Waals surface area contributed by atoms with Crippen LogP contribution in [0.5, 0.6) is 0 Å². The summed E-state index contributed by atoms with van der Waals surface area (Å²) in [7, 11) is 0. The lowest BCUT2D eigenvalue weighted by Gasteiger charge is -2.58. The summed E-state index contributed by atoms with van der Waals surface area (Å²) in [6, 6.07) is 0. The van der Waals surface area contributed by atoms with Gasteiger partial charge in [0.1, 0.15) is 11.9 Å². The third kappa shape index (κ3) is 11.4. The molecular weight excluding hydrogens is 618 g/mol. The van der Waals surface area contributed by atoms with Gasteiger partial charge in [-0.3, -0.25) is 4.79 Å². The van der Waals surface area contributed by atoms with Gasteiger partial charge in [-0.1, -0.05) is 84.8 Å². The Balaban J connectivity index is 1.18. The average Bonchev–Trinajstić information content (AvgIpc) is 3.43. The summed E-state index contributed by atoms with van der Waals surface area (Å²) in [6.45, 7) is 17.7. The highest BCUT2D eigenvalue weighted by Gasteiger charge is 2.59. The number of ketones is 1. The number of ether oxygens (including phenoxy) is 1. The van der Waals surface area contributed by atoms with Crippen molar-refractivity contribution >= 4 is 11.8 Å². The lowest BCUT2D eigenvalue weighted by atomic mass is 9.47. The minimum absolute atomic E-state index is 0.00574. The van der Waals surface area contributed by atoms with Crippen LogP contribution in [-0.4, -0.2) is 54.1 Å². The van der Waals surface area contributed by atoms with E-state index in [4.69, 9.17) is 4.74 Å². The molecule has 0 aromatic heterocycles. The Bertz CT molecular complexity index is 1070. The van der Waals surface area contributed by atoms with E-state index >= 15 is 0 Å². The van der Waals surface area contributed by atoms with Gasteiger partial charge < -0.3 is 19.5 Å². The molecule has 3 fully saturated rings. The van der Waals surface area contributed by atoms with Crippen LogP contribution < -0.4 is 0 Å². The number of carbonyl (C=O) groups excluding carboxylic acids is 2. The number of unbranched alkanes of at least 4 members (excludes halogenated alkanes) is 6. The summed E-state index contributed by atoms with van der Waals surface area (Å²) in [5.41, 5.74) is 2.44. The maximum Gasteiger partial charge on any atom is 0.306 e. The van der Waals surface area contributed by atoms with Gasteiger partial charge in [-0.15, -0.1) is 0 Å². The van der Waals surface area contributed by atoms with Crippen LogP contribution in [0.25, 0.3) is 0 Å². The lowest BCUT2D eigenvalue weighted by molar-refractivity contribution is -0.151. The van der Waals surface area contributed by atoms with Crippen molar-refractivity contribution < 1.29 is 19.4 Å². The number of esters is 1. The number of fused-ring (bicyclic) bond motifs is 5. The van der Waals surface area contributed by atoms with Gasteiger partial charge in [-0.25, -0.2) is 0 Å². The molecule has 0 aromatic rings.